The molecule has 1 saturated heterocycles. The Hall–Kier alpha value is -3.43. The van der Waals surface area contributed by atoms with Crippen molar-refractivity contribution in [3.63, 3.8) is 0 Å². The Morgan fingerprint density at radius 3 is 2.53 bits per heavy atom. The number of carboxylic acids is 1. The molecule has 0 aliphatic carbocycles. The maximum Gasteiger partial charge on any atom is 0.266 e. The summed E-state index contributed by atoms with van der Waals surface area (Å²) in [5.41, 5.74) is 3.09. The Balaban J connectivity index is 1.71. The van der Waals surface area contributed by atoms with Crippen LogP contribution in [-0.4, -0.2) is 44.0 Å². The summed E-state index contributed by atoms with van der Waals surface area (Å²) >= 11 is 6.26. The van der Waals surface area contributed by atoms with Crippen molar-refractivity contribution in [2.45, 2.75) is 13.8 Å². The van der Waals surface area contributed by atoms with Gasteiger partial charge in [0.2, 0.25) is 0 Å². The quantitative estimate of drug-likeness (QED) is 0.351. The second kappa shape index (κ2) is 10.2. The minimum atomic E-state index is -1.37. The van der Waals surface area contributed by atoms with Gasteiger partial charge < -0.3 is 14.6 Å². The molecule has 1 fully saturated rings. The minimum absolute atomic E-state index is 0.184. The van der Waals surface area contributed by atoms with Crippen LogP contribution in [0.25, 0.3) is 23.0 Å². The number of thioether (sulfide) groups is 1. The topological polar surface area (TPSA) is 87.5 Å². The monoisotopic (exact) mass is 492 g/mol. The number of ether oxygens (including phenoxy) is 1. The van der Waals surface area contributed by atoms with Crippen molar-refractivity contribution in [2.75, 3.05) is 13.2 Å². The van der Waals surface area contributed by atoms with E-state index < -0.39 is 18.4 Å². The summed E-state index contributed by atoms with van der Waals surface area (Å²) in [6.45, 7) is 4.23. The fourth-order valence-corrected chi connectivity index (χ4v) is 4.55. The lowest BCUT2D eigenvalue weighted by Gasteiger charge is -2.14. The van der Waals surface area contributed by atoms with E-state index in [-0.39, 0.29) is 4.32 Å². The summed E-state index contributed by atoms with van der Waals surface area (Å²) in [7, 11) is 0. The van der Waals surface area contributed by atoms with Gasteiger partial charge in [-0.05, 0) is 48.4 Å². The first-order valence-corrected chi connectivity index (χ1v) is 11.9. The van der Waals surface area contributed by atoms with Crippen molar-refractivity contribution in [1.29, 1.82) is 0 Å². The highest BCUT2D eigenvalue weighted by atomic mass is 32.2. The van der Waals surface area contributed by atoms with Crippen LogP contribution < -0.4 is 9.84 Å². The van der Waals surface area contributed by atoms with Crippen LogP contribution in [0.15, 0.2) is 65.7 Å². The molecular formula is C25H22N3O4S2-. The molecule has 1 aromatic heterocycles. The van der Waals surface area contributed by atoms with Crippen LogP contribution in [0.1, 0.15) is 19.4 Å². The van der Waals surface area contributed by atoms with Crippen molar-refractivity contribution in [3.8, 4) is 22.7 Å². The third-order valence-corrected chi connectivity index (χ3v) is 6.30. The summed E-state index contributed by atoms with van der Waals surface area (Å²) in [6.07, 6.45) is 3.53. The predicted molar refractivity (Wildman–Crippen MR) is 134 cm³/mol. The van der Waals surface area contributed by atoms with Gasteiger partial charge in [0.05, 0.1) is 35.4 Å². The minimum Gasteiger partial charge on any atom is -0.548 e. The number of amides is 1. The number of carboxylic acid groups (broad SMARTS) is 1. The summed E-state index contributed by atoms with van der Waals surface area (Å²) in [4.78, 5) is 25.1. The zero-order valence-electron chi connectivity index (χ0n) is 18.6. The Morgan fingerprint density at radius 1 is 1.18 bits per heavy atom. The Kier molecular flexibility index (Phi) is 7.14. The van der Waals surface area contributed by atoms with Crippen molar-refractivity contribution < 1.29 is 19.4 Å². The zero-order chi connectivity index (χ0) is 24.2. The zero-order valence-corrected chi connectivity index (χ0v) is 20.3. The molecule has 3 aromatic rings. The molecule has 1 aliphatic rings. The predicted octanol–water partition coefficient (Wildman–Crippen LogP) is 3.53. The largest absolute Gasteiger partial charge is 0.548 e. The van der Waals surface area contributed by atoms with Gasteiger partial charge in [-0.1, -0.05) is 56.0 Å². The molecule has 7 nitrogen and oxygen atoms in total. The van der Waals surface area contributed by atoms with Gasteiger partial charge in [-0.25, -0.2) is 4.68 Å². The third kappa shape index (κ3) is 5.37. The van der Waals surface area contributed by atoms with Gasteiger partial charge in [-0.15, -0.1) is 0 Å². The van der Waals surface area contributed by atoms with E-state index in [2.05, 4.69) is 13.8 Å². The molecule has 34 heavy (non-hydrogen) atoms. The van der Waals surface area contributed by atoms with Gasteiger partial charge in [0.25, 0.3) is 5.91 Å². The molecule has 1 aliphatic heterocycles. The average molecular weight is 493 g/mol. The van der Waals surface area contributed by atoms with Gasteiger partial charge in [0, 0.05) is 17.3 Å². The van der Waals surface area contributed by atoms with E-state index in [1.54, 1.807) is 10.8 Å². The normalized spacial score (nSPS) is 14.9. The molecule has 2 aromatic carbocycles. The molecule has 0 saturated carbocycles. The molecule has 9 heteroatoms. The van der Waals surface area contributed by atoms with Gasteiger partial charge in [0.1, 0.15) is 10.1 Å². The molecule has 0 N–H and O–H groups in total. The number of aliphatic carboxylic acids is 1. The fourth-order valence-electron chi connectivity index (χ4n) is 3.31. The van der Waals surface area contributed by atoms with Crippen molar-refractivity contribution >= 4 is 46.3 Å². The number of para-hydroxylation sites is 1. The highest BCUT2D eigenvalue weighted by Gasteiger charge is 2.32. The van der Waals surface area contributed by atoms with E-state index in [1.165, 1.54) is 0 Å². The van der Waals surface area contributed by atoms with E-state index in [0.717, 1.165) is 33.7 Å². The van der Waals surface area contributed by atoms with Crippen LogP contribution in [0.3, 0.4) is 0 Å². The average Bonchev–Trinajstić information content (AvgIpc) is 3.35. The van der Waals surface area contributed by atoms with Crippen LogP contribution in [0.4, 0.5) is 0 Å². The standard InChI is InChI=1S/C25H23N3O4S2/c1-16(2)15-32-20-10-8-17(9-11-20)23-18(13-28(26-23)19-6-4-3-5-7-19)12-21-24(31)27(14-22(29)30)25(33)34-21/h3-13,16H,14-15H2,1-2H3,(H,29,30)/p-1/b21-12-. The lowest BCUT2D eigenvalue weighted by Crippen LogP contribution is -2.40. The Labute approximate surface area is 207 Å². The lowest BCUT2D eigenvalue weighted by molar-refractivity contribution is -0.305. The van der Waals surface area contributed by atoms with E-state index in [4.69, 9.17) is 22.1 Å². The number of nitrogens with zero attached hydrogens (tertiary/aromatic N) is 3. The van der Waals surface area contributed by atoms with Crippen molar-refractivity contribution in [3.05, 3.63) is 71.3 Å². The molecule has 174 valence electrons. The highest BCUT2D eigenvalue weighted by Crippen LogP contribution is 2.35. The van der Waals surface area contributed by atoms with Crippen LogP contribution in [0.2, 0.25) is 0 Å². The fraction of sp³-hybridized carbons (Fsp3) is 0.200. The van der Waals surface area contributed by atoms with Gasteiger partial charge in [-0.3, -0.25) is 9.69 Å². The third-order valence-electron chi connectivity index (χ3n) is 4.92. The molecule has 1 amide bonds. The van der Waals surface area contributed by atoms with E-state index in [1.807, 2.05) is 60.8 Å². The number of thiocarbonyl (C=S) groups is 1. The number of carbonyl (C=O) groups is 2. The second-order valence-corrected chi connectivity index (χ2v) is 9.76. The van der Waals surface area contributed by atoms with Crippen molar-refractivity contribution in [2.24, 2.45) is 5.92 Å². The first-order valence-electron chi connectivity index (χ1n) is 10.7. The Bertz CT molecular complexity index is 1250. The van der Waals surface area contributed by atoms with E-state index in [0.29, 0.717) is 28.7 Å². The maximum atomic E-state index is 12.8. The summed E-state index contributed by atoms with van der Waals surface area (Å²) in [5.74, 6) is -0.641. The van der Waals surface area contributed by atoms with E-state index in [9.17, 15) is 14.7 Å². The molecule has 4 rings (SSSR count). The van der Waals surface area contributed by atoms with E-state index >= 15 is 0 Å². The van der Waals surface area contributed by atoms with Gasteiger partial charge >= 0.3 is 0 Å². The number of benzene rings is 2. The van der Waals surface area contributed by atoms with Gasteiger partial charge in [0.15, 0.2) is 0 Å². The molecule has 0 radical (unpaired) electrons. The first kappa shape index (κ1) is 23.7. The van der Waals surface area contributed by atoms with Crippen LogP contribution in [0, 0.1) is 5.92 Å². The van der Waals surface area contributed by atoms with Crippen molar-refractivity contribution in [1.82, 2.24) is 14.7 Å². The molecule has 2 heterocycles. The number of aromatic nitrogens is 2. The first-order chi connectivity index (χ1) is 16.3. The smallest absolute Gasteiger partial charge is 0.266 e. The number of hydrogen-bond donors (Lipinski definition) is 0. The van der Waals surface area contributed by atoms with Gasteiger partial charge in [-0.2, -0.15) is 5.10 Å². The number of carbonyl (C=O) groups excluding carboxylic acids is 2. The second-order valence-electron chi connectivity index (χ2n) is 8.08. The molecule has 0 unspecified atom stereocenters. The maximum absolute atomic E-state index is 12.8. The van der Waals surface area contributed by atoms with Crippen LogP contribution in [0.5, 0.6) is 5.75 Å². The molecule has 0 spiro atoms. The number of hydrogen-bond acceptors (Lipinski definition) is 7. The summed E-state index contributed by atoms with van der Waals surface area (Å²) in [6, 6.07) is 17.3. The molecule has 0 atom stereocenters. The Morgan fingerprint density at radius 2 is 1.88 bits per heavy atom. The van der Waals surface area contributed by atoms with Crippen LogP contribution in [-0.2, 0) is 9.59 Å². The molecular weight excluding hydrogens is 470 g/mol. The van der Waals surface area contributed by atoms with Crippen LogP contribution >= 0.6 is 24.0 Å². The molecule has 0 bridgehead atoms. The number of rotatable bonds is 8. The lowest BCUT2D eigenvalue weighted by atomic mass is 10.1. The summed E-state index contributed by atoms with van der Waals surface area (Å²) in [5, 5.41) is 15.8. The SMILES string of the molecule is CC(C)COc1ccc(-c2nn(-c3ccccc3)cc2/C=C2\SC(=S)N(CC(=O)[O-])C2=O)cc1. The highest BCUT2D eigenvalue weighted by molar-refractivity contribution is 8.26. The summed E-state index contributed by atoms with van der Waals surface area (Å²) < 4.78 is 7.71.